The molecule has 2 unspecified atom stereocenters. The Morgan fingerprint density at radius 3 is 2.62 bits per heavy atom. The molecular weight excluding hydrogens is 294 g/mol. The van der Waals surface area contributed by atoms with Crippen LogP contribution in [0.15, 0.2) is 11.4 Å². The Morgan fingerprint density at radius 1 is 1.43 bits per heavy atom. The summed E-state index contributed by atoms with van der Waals surface area (Å²) in [5.41, 5.74) is -0.00613. The van der Waals surface area contributed by atoms with E-state index in [-0.39, 0.29) is 19.6 Å². The van der Waals surface area contributed by atoms with E-state index in [0.717, 1.165) is 4.88 Å². The van der Waals surface area contributed by atoms with Crippen LogP contribution in [0.5, 0.6) is 0 Å². The number of aliphatic hydroxyl groups is 3. The summed E-state index contributed by atoms with van der Waals surface area (Å²) >= 11 is 1.32. The topological polar surface area (TPSA) is 99.0 Å². The van der Waals surface area contributed by atoms with Crippen molar-refractivity contribution in [2.24, 2.45) is 0 Å². The van der Waals surface area contributed by atoms with Crippen LogP contribution < -0.4 is 5.32 Å². The molecule has 7 heteroatoms. The number of nitrogens with one attached hydrogen (secondary N) is 1. The number of ether oxygens (including phenoxy) is 1. The van der Waals surface area contributed by atoms with Crippen molar-refractivity contribution >= 4 is 17.4 Å². The molecule has 0 aromatic carbocycles. The molecule has 6 nitrogen and oxygen atoms in total. The second-order valence-electron chi connectivity index (χ2n) is 5.73. The fourth-order valence-corrected chi connectivity index (χ4v) is 2.43. The summed E-state index contributed by atoms with van der Waals surface area (Å²) in [7, 11) is 0. The van der Waals surface area contributed by atoms with E-state index in [1.54, 1.807) is 32.2 Å². The van der Waals surface area contributed by atoms with Gasteiger partial charge < -0.3 is 25.4 Å². The van der Waals surface area contributed by atoms with E-state index in [1.165, 1.54) is 11.3 Å². The molecule has 0 bridgehead atoms. The lowest BCUT2D eigenvalue weighted by atomic mass is 10.0. The first-order chi connectivity index (χ1) is 9.73. The summed E-state index contributed by atoms with van der Waals surface area (Å²) < 4.78 is 5.06. The summed E-state index contributed by atoms with van der Waals surface area (Å²) in [6, 6.07) is 1.65. The lowest BCUT2D eigenvalue weighted by Crippen LogP contribution is -2.34. The molecule has 0 radical (unpaired) electrons. The number of hydrogen-bond donors (Lipinski definition) is 4. The highest BCUT2D eigenvalue weighted by molar-refractivity contribution is 7.10. The Morgan fingerprint density at radius 2 is 2.10 bits per heavy atom. The number of alkyl carbamates (subject to hydrolysis) is 1. The molecule has 0 aliphatic heterocycles. The van der Waals surface area contributed by atoms with E-state index < -0.39 is 23.9 Å². The van der Waals surface area contributed by atoms with Crippen LogP contribution in [0.1, 0.15) is 43.7 Å². The number of aliphatic hydroxyl groups excluding tert-OH is 3. The van der Waals surface area contributed by atoms with Crippen LogP contribution in [0.2, 0.25) is 0 Å². The third-order valence-corrected chi connectivity index (χ3v) is 3.58. The fraction of sp³-hybridized carbons (Fsp3) is 0.643. The molecule has 0 saturated heterocycles. The first-order valence-electron chi connectivity index (χ1n) is 6.74. The van der Waals surface area contributed by atoms with Crippen LogP contribution in [0.25, 0.3) is 0 Å². The van der Waals surface area contributed by atoms with Crippen molar-refractivity contribution in [1.82, 2.24) is 5.32 Å². The molecule has 1 amide bonds. The average molecular weight is 317 g/mol. The summed E-state index contributed by atoms with van der Waals surface area (Å²) in [5.74, 6) is 0. The highest BCUT2D eigenvalue weighted by atomic mass is 32.1. The number of thiophene rings is 1. The maximum absolute atomic E-state index is 11.4. The maximum atomic E-state index is 11.4. The van der Waals surface area contributed by atoms with Crippen molar-refractivity contribution in [1.29, 1.82) is 0 Å². The van der Waals surface area contributed by atoms with E-state index in [9.17, 15) is 15.0 Å². The van der Waals surface area contributed by atoms with Gasteiger partial charge in [-0.05, 0) is 44.2 Å². The highest BCUT2D eigenvalue weighted by Crippen LogP contribution is 2.24. The number of carbonyl (C=O) groups excluding carboxylic acids is 1. The predicted molar refractivity (Wildman–Crippen MR) is 80.1 cm³/mol. The van der Waals surface area contributed by atoms with E-state index in [1.807, 2.05) is 0 Å². The second kappa shape index (κ2) is 7.74. The Bertz CT molecular complexity index is 454. The van der Waals surface area contributed by atoms with Crippen molar-refractivity contribution in [3.63, 3.8) is 0 Å². The van der Waals surface area contributed by atoms with Gasteiger partial charge in [-0.25, -0.2) is 4.79 Å². The van der Waals surface area contributed by atoms with E-state index in [2.05, 4.69) is 5.32 Å². The quantitative estimate of drug-likeness (QED) is 0.638. The van der Waals surface area contributed by atoms with Crippen LogP contribution in [0, 0.1) is 0 Å². The molecule has 120 valence electrons. The maximum Gasteiger partial charge on any atom is 0.407 e. The van der Waals surface area contributed by atoms with Gasteiger partial charge in [-0.2, -0.15) is 0 Å². The van der Waals surface area contributed by atoms with E-state index >= 15 is 0 Å². The standard InChI is InChI=1S/C14H23NO5S/c1-14(2,3)20-13(19)15-5-4-11(17)12(18)9-6-10(7-16)21-8-9/h6,8,11-12,16-18H,4-5,7H2,1-3H3,(H,15,19). The SMILES string of the molecule is CC(C)(C)OC(=O)NCCC(O)C(O)c1csc(CO)c1. The van der Waals surface area contributed by atoms with Crippen molar-refractivity contribution in [3.05, 3.63) is 21.9 Å². The zero-order chi connectivity index (χ0) is 16.0. The number of carbonyl (C=O) groups is 1. The monoisotopic (exact) mass is 317 g/mol. The predicted octanol–water partition coefficient (Wildman–Crippen LogP) is 1.55. The Hall–Kier alpha value is -1.15. The van der Waals surface area contributed by atoms with Gasteiger partial charge in [0, 0.05) is 11.4 Å². The molecule has 21 heavy (non-hydrogen) atoms. The Balaban J connectivity index is 2.36. The smallest absolute Gasteiger partial charge is 0.407 e. The highest BCUT2D eigenvalue weighted by Gasteiger charge is 2.20. The summed E-state index contributed by atoms with van der Waals surface area (Å²) in [5, 5.41) is 33.1. The number of hydrogen-bond acceptors (Lipinski definition) is 6. The van der Waals surface area contributed by atoms with Gasteiger partial charge in [-0.15, -0.1) is 11.3 Å². The minimum atomic E-state index is -1.04. The molecule has 0 fully saturated rings. The molecule has 1 aromatic heterocycles. The zero-order valence-corrected chi connectivity index (χ0v) is 13.3. The molecular formula is C14H23NO5S. The van der Waals surface area contributed by atoms with Crippen molar-refractivity contribution in [3.8, 4) is 0 Å². The molecule has 1 aromatic rings. The molecule has 0 aliphatic carbocycles. The first-order valence-corrected chi connectivity index (χ1v) is 7.62. The van der Waals surface area contributed by atoms with Crippen molar-refractivity contribution < 1.29 is 24.9 Å². The molecule has 1 rings (SSSR count). The van der Waals surface area contributed by atoms with Crippen LogP contribution in [0.4, 0.5) is 4.79 Å². The number of amides is 1. The van der Waals surface area contributed by atoms with Crippen LogP contribution in [-0.2, 0) is 11.3 Å². The Labute approximate surface area is 128 Å². The molecule has 2 atom stereocenters. The van der Waals surface area contributed by atoms with Gasteiger partial charge in [-0.3, -0.25) is 0 Å². The molecule has 1 heterocycles. The van der Waals surface area contributed by atoms with Gasteiger partial charge in [0.25, 0.3) is 0 Å². The van der Waals surface area contributed by atoms with Crippen LogP contribution >= 0.6 is 11.3 Å². The lowest BCUT2D eigenvalue weighted by molar-refractivity contribution is 0.0125. The normalized spacial score (nSPS) is 14.6. The van der Waals surface area contributed by atoms with Crippen LogP contribution in [-0.4, -0.2) is 39.7 Å². The van der Waals surface area contributed by atoms with Gasteiger partial charge in [-0.1, -0.05) is 0 Å². The minimum Gasteiger partial charge on any atom is -0.444 e. The zero-order valence-electron chi connectivity index (χ0n) is 12.5. The average Bonchev–Trinajstić information content (AvgIpc) is 2.84. The largest absolute Gasteiger partial charge is 0.444 e. The van der Waals surface area contributed by atoms with Crippen molar-refractivity contribution in [2.75, 3.05) is 6.54 Å². The molecule has 0 aliphatic rings. The van der Waals surface area contributed by atoms with Gasteiger partial charge in [0.15, 0.2) is 0 Å². The van der Waals surface area contributed by atoms with Gasteiger partial charge in [0.2, 0.25) is 0 Å². The van der Waals surface area contributed by atoms with Gasteiger partial charge >= 0.3 is 6.09 Å². The second-order valence-corrected chi connectivity index (χ2v) is 6.73. The van der Waals surface area contributed by atoms with E-state index in [0.29, 0.717) is 5.56 Å². The number of rotatable bonds is 6. The van der Waals surface area contributed by atoms with Crippen LogP contribution in [0.3, 0.4) is 0 Å². The van der Waals surface area contributed by atoms with E-state index in [4.69, 9.17) is 9.84 Å². The summed E-state index contributed by atoms with van der Waals surface area (Å²) in [6.07, 6.45) is -2.39. The summed E-state index contributed by atoms with van der Waals surface area (Å²) in [4.78, 5) is 12.1. The fourth-order valence-electron chi connectivity index (χ4n) is 1.65. The molecule has 0 saturated carbocycles. The molecule has 0 spiro atoms. The van der Waals surface area contributed by atoms with Gasteiger partial charge in [0.1, 0.15) is 11.7 Å². The third kappa shape index (κ3) is 6.43. The third-order valence-electron chi connectivity index (χ3n) is 2.64. The first kappa shape index (κ1) is 17.9. The molecule has 4 N–H and O–H groups in total. The van der Waals surface area contributed by atoms with Crippen molar-refractivity contribution in [2.45, 2.75) is 51.6 Å². The van der Waals surface area contributed by atoms with Gasteiger partial charge in [0.05, 0.1) is 12.7 Å². The lowest BCUT2D eigenvalue weighted by Gasteiger charge is -2.21. The Kier molecular flexibility index (Phi) is 6.60. The minimum absolute atomic E-state index is 0.0896. The summed E-state index contributed by atoms with van der Waals surface area (Å²) in [6.45, 7) is 5.40.